The van der Waals surface area contributed by atoms with Crippen molar-refractivity contribution in [2.45, 2.75) is 38.3 Å². The van der Waals surface area contributed by atoms with Crippen LogP contribution in [0.5, 0.6) is 0 Å². The Labute approximate surface area is 98.2 Å². The van der Waals surface area contributed by atoms with Crippen LogP contribution in [0.3, 0.4) is 0 Å². The van der Waals surface area contributed by atoms with Crippen molar-refractivity contribution in [3.63, 3.8) is 0 Å². The van der Waals surface area contributed by atoms with Crippen molar-refractivity contribution in [2.75, 3.05) is 31.6 Å². The SMILES string of the molecule is CNC1CCN(C2CCCSC2)CC1C. The van der Waals surface area contributed by atoms with E-state index >= 15 is 0 Å². The lowest BCUT2D eigenvalue weighted by atomic mass is 9.92. The second kappa shape index (κ2) is 5.55. The molecule has 0 aliphatic carbocycles. The lowest BCUT2D eigenvalue weighted by molar-refractivity contribution is 0.110. The molecule has 2 heterocycles. The van der Waals surface area contributed by atoms with E-state index in [-0.39, 0.29) is 0 Å². The largest absolute Gasteiger partial charge is 0.317 e. The molecular formula is C12H24N2S. The maximum absolute atomic E-state index is 3.45. The smallest absolute Gasteiger partial charge is 0.0186 e. The maximum atomic E-state index is 3.45. The van der Waals surface area contributed by atoms with Crippen LogP contribution in [0.2, 0.25) is 0 Å². The molecule has 3 unspecified atom stereocenters. The summed E-state index contributed by atoms with van der Waals surface area (Å²) in [6.45, 7) is 5.00. The van der Waals surface area contributed by atoms with Gasteiger partial charge in [-0.2, -0.15) is 11.8 Å². The first-order valence-electron chi connectivity index (χ1n) is 6.30. The molecule has 0 aromatic heterocycles. The van der Waals surface area contributed by atoms with Crippen LogP contribution in [-0.2, 0) is 0 Å². The van der Waals surface area contributed by atoms with E-state index in [1.54, 1.807) is 0 Å². The Balaban J connectivity index is 1.84. The summed E-state index contributed by atoms with van der Waals surface area (Å²) in [7, 11) is 2.10. The first-order chi connectivity index (χ1) is 7.31. The molecule has 88 valence electrons. The summed E-state index contributed by atoms with van der Waals surface area (Å²) in [4.78, 5) is 2.74. The minimum atomic E-state index is 0.748. The molecule has 1 N–H and O–H groups in total. The van der Waals surface area contributed by atoms with Crippen molar-refractivity contribution in [3.05, 3.63) is 0 Å². The molecule has 3 heteroatoms. The first kappa shape index (κ1) is 11.7. The molecule has 0 saturated carbocycles. The van der Waals surface area contributed by atoms with E-state index in [2.05, 4.69) is 35.9 Å². The molecule has 2 nitrogen and oxygen atoms in total. The average molecular weight is 228 g/mol. The van der Waals surface area contributed by atoms with E-state index in [0.29, 0.717) is 0 Å². The summed E-state index contributed by atoms with van der Waals surface area (Å²) in [5, 5.41) is 3.45. The Morgan fingerprint density at radius 1 is 1.33 bits per heavy atom. The highest BCUT2D eigenvalue weighted by atomic mass is 32.2. The summed E-state index contributed by atoms with van der Waals surface area (Å²) in [5.41, 5.74) is 0. The van der Waals surface area contributed by atoms with Crippen molar-refractivity contribution < 1.29 is 0 Å². The predicted molar refractivity (Wildman–Crippen MR) is 68.5 cm³/mol. The Kier molecular flexibility index (Phi) is 4.35. The van der Waals surface area contributed by atoms with Crippen LogP contribution in [-0.4, -0.2) is 48.6 Å². The van der Waals surface area contributed by atoms with Gasteiger partial charge in [0.1, 0.15) is 0 Å². The normalized spacial score (nSPS) is 39.2. The lowest BCUT2D eigenvalue weighted by Gasteiger charge is -2.42. The summed E-state index contributed by atoms with van der Waals surface area (Å²) >= 11 is 2.15. The molecule has 0 aromatic carbocycles. The third-order valence-electron chi connectivity index (χ3n) is 3.96. The number of nitrogens with zero attached hydrogens (tertiary/aromatic N) is 1. The van der Waals surface area contributed by atoms with E-state index in [0.717, 1.165) is 18.0 Å². The molecule has 15 heavy (non-hydrogen) atoms. The minimum Gasteiger partial charge on any atom is -0.317 e. The highest BCUT2D eigenvalue weighted by Crippen LogP contribution is 2.26. The maximum Gasteiger partial charge on any atom is 0.0186 e. The fourth-order valence-corrected chi connectivity index (χ4v) is 4.14. The summed E-state index contributed by atoms with van der Waals surface area (Å²) in [6, 6.07) is 1.63. The molecule has 0 bridgehead atoms. The van der Waals surface area contributed by atoms with E-state index in [9.17, 15) is 0 Å². The molecule has 0 amide bonds. The van der Waals surface area contributed by atoms with Crippen molar-refractivity contribution in [1.29, 1.82) is 0 Å². The Morgan fingerprint density at radius 2 is 2.20 bits per heavy atom. The van der Waals surface area contributed by atoms with Gasteiger partial charge in [0, 0.05) is 24.4 Å². The average Bonchev–Trinajstić information content (AvgIpc) is 2.30. The van der Waals surface area contributed by atoms with E-state index in [1.807, 2.05) is 0 Å². The number of nitrogens with one attached hydrogen (secondary N) is 1. The van der Waals surface area contributed by atoms with Gasteiger partial charge in [-0.15, -0.1) is 0 Å². The first-order valence-corrected chi connectivity index (χ1v) is 7.46. The van der Waals surface area contributed by atoms with Gasteiger partial charge < -0.3 is 5.32 Å². The molecule has 0 aromatic rings. The molecule has 2 aliphatic rings. The standard InChI is InChI=1S/C12H24N2S/c1-10-8-14(6-5-12(10)13-2)11-4-3-7-15-9-11/h10-13H,3-9H2,1-2H3. The number of piperidine rings is 1. The molecule has 3 atom stereocenters. The van der Waals surface area contributed by atoms with Crippen LogP contribution >= 0.6 is 11.8 Å². The summed E-state index contributed by atoms with van der Waals surface area (Å²) in [6.07, 6.45) is 4.19. The number of rotatable bonds is 2. The van der Waals surface area contributed by atoms with E-state index in [4.69, 9.17) is 0 Å². The van der Waals surface area contributed by atoms with Crippen LogP contribution < -0.4 is 5.32 Å². The number of hydrogen-bond acceptors (Lipinski definition) is 3. The van der Waals surface area contributed by atoms with Gasteiger partial charge in [-0.05, 0) is 44.5 Å². The second-order valence-electron chi connectivity index (χ2n) is 5.03. The molecule has 2 aliphatic heterocycles. The third kappa shape index (κ3) is 2.89. The molecule has 2 saturated heterocycles. The van der Waals surface area contributed by atoms with E-state index < -0.39 is 0 Å². The van der Waals surface area contributed by atoms with Gasteiger partial charge in [0.25, 0.3) is 0 Å². The van der Waals surface area contributed by atoms with Crippen molar-refractivity contribution >= 4 is 11.8 Å². The molecule has 2 fully saturated rings. The third-order valence-corrected chi connectivity index (χ3v) is 5.16. The summed E-state index contributed by atoms with van der Waals surface area (Å²) in [5.74, 6) is 3.58. The van der Waals surface area contributed by atoms with Gasteiger partial charge in [0.05, 0.1) is 0 Å². The van der Waals surface area contributed by atoms with Crippen LogP contribution in [0.4, 0.5) is 0 Å². The zero-order chi connectivity index (χ0) is 10.7. The van der Waals surface area contributed by atoms with Crippen molar-refractivity contribution in [3.8, 4) is 0 Å². The fourth-order valence-electron chi connectivity index (χ4n) is 2.95. The van der Waals surface area contributed by atoms with Crippen molar-refractivity contribution in [1.82, 2.24) is 10.2 Å². The van der Waals surface area contributed by atoms with Crippen LogP contribution in [0, 0.1) is 5.92 Å². The Hall–Kier alpha value is 0.270. The van der Waals surface area contributed by atoms with Gasteiger partial charge in [0.2, 0.25) is 0 Å². The number of thioether (sulfide) groups is 1. The molecular weight excluding hydrogens is 204 g/mol. The zero-order valence-corrected chi connectivity index (χ0v) is 10.9. The topological polar surface area (TPSA) is 15.3 Å². The highest BCUT2D eigenvalue weighted by Gasteiger charge is 2.29. The molecule has 0 radical (unpaired) electrons. The lowest BCUT2D eigenvalue weighted by Crippen LogP contribution is -2.51. The van der Waals surface area contributed by atoms with Crippen LogP contribution in [0.25, 0.3) is 0 Å². The molecule has 0 spiro atoms. The van der Waals surface area contributed by atoms with Gasteiger partial charge in [0.15, 0.2) is 0 Å². The minimum absolute atomic E-state index is 0.748. The van der Waals surface area contributed by atoms with Gasteiger partial charge in [-0.25, -0.2) is 0 Å². The van der Waals surface area contributed by atoms with Gasteiger partial charge in [-0.3, -0.25) is 4.90 Å². The van der Waals surface area contributed by atoms with Crippen LogP contribution in [0.15, 0.2) is 0 Å². The Bertz CT molecular complexity index is 192. The quantitative estimate of drug-likeness (QED) is 0.776. The molecule has 2 rings (SSSR count). The number of likely N-dealkylation sites (tertiary alicyclic amines) is 1. The summed E-state index contributed by atoms with van der Waals surface area (Å²) < 4.78 is 0. The van der Waals surface area contributed by atoms with Gasteiger partial charge >= 0.3 is 0 Å². The zero-order valence-electron chi connectivity index (χ0n) is 10.0. The Morgan fingerprint density at radius 3 is 2.80 bits per heavy atom. The van der Waals surface area contributed by atoms with Crippen LogP contribution in [0.1, 0.15) is 26.2 Å². The van der Waals surface area contributed by atoms with E-state index in [1.165, 1.54) is 43.9 Å². The fraction of sp³-hybridized carbons (Fsp3) is 1.00. The van der Waals surface area contributed by atoms with Gasteiger partial charge in [-0.1, -0.05) is 6.92 Å². The van der Waals surface area contributed by atoms with Crippen molar-refractivity contribution in [2.24, 2.45) is 5.92 Å². The predicted octanol–water partition coefficient (Wildman–Crippen LogP) is 1.81. The monoisotopic (exact) mass is 228 g/mol. The second-order valence-corrected chi connectivity index (χ2v) is 6.18. The number of hydrogen-bond donors (Lipinski definition) is 1. The highest BCUT2D eigenvalue weighted by molar-refractivity contribution is 7.99.